The molecule has 9 nitrogen and oxygen atoms in total. The number of ketones is 1. The standard InChI is InChI=1S/C24H35NO8Se/c1-17(26)31-15-21(34-19-9-7-6-8-10-19)22(32-16-30-12-11-29-5)20-13-18(27)14-25(20)23(28)33-24(2,3)4/h6-10,20-22H,11-16H2,1-5H3/t20-,21?,22+/m0/s1. The summed E-state index contributed by atoms with van der Waals surface area (Å²) in [6, 6.07) is 9.24. The number of hydrogen-bond donors (Lipinski definition) is 0. The Morgan fingerprint density at radius 1 is 1.18 bits per heavy atom. The van der Waals surface area contributed by atoms with Crippen LogP contribution < -0.4 is 4.46 Å². The van der Waals surface area contributed by atoms with E-state index in [-0.39, 0.29) is 51.9 Å². The summed E-state index contributed by atoms with van der Waals surface area (Å²) in [6.07, 6.45) is -1.06. The Hall–Kier alpha value is -1.97. The second-order valence-electron chi connectivity index (χ2n) is 8.84. The Bertz CT molecular complexity index is 798. The van der Waals surface area contributed by atoms with Crippen LogP contribution in [0, 0.1) is 0 Å². The fraction of sp³-hybridized carbons (Fsp3) is 0.625. The van der Waals surface area contributed by atoms with E-state index in [1.165, 1.54) is 11.8 Å². The molecule has 10 heteroatoms. The van der Waals surface area contributed by atoms with Gasteiger partial charge >= 0.3 is 208 Å². The van der Waals surface area contributed by atoms with Crippen molar-refractivity contribution in [3.8, 4) is 0 Å². The molecule has 1 aromatic rings. The van der Waals surface area contributed by atoms with E-state index in [9.17, 15) is 14.4 Å². The molecule has 1 heterocycles. The van der Waals surface area contributed by atoms with Gasteiger partial charge in [0.15, 0.2) is 0 Å². The van der Waals surface area contributed by atoms with E-state index in [4.69, 9.17) is 23.7 Å². The third kappa shape index (κ3) is 9.72. The summed E-state index contributed by atoms with van der Waals surface area (Å²) in [7, 11) is 1.58. The normalized spacial score (nSPS) is 18.0. The van der Waals surface area contributed by atoms with E-state index in [2.05, 4.69) is 0 Å². The fourth-order valence-electron chi connectivity index (χ4n) is 3.39. The first-order chi connectivity index (χ1) is 16.1. The van der Waals surface area contributed by atoms with Crippen LogP contribution in [0.4, 0.5) is 4.79 Å². The van der Waals surface area contributed by atoms with Crippen molar-refractivity contribution in [2.75, 3.05) is 40.3 Å². The summed E-state index contributed by atoms with van der Waals surface area (Å²) in [5.41, 5.74) is -0.710. The Balaban J connectivity index is 2.31. The Labute approximate surface area is 207 Å². The third-order valence-corrected chi connectivity index (χ3v) is 7.44. The van der Waals surface area contributed by atoms with Crippen LogP contribution in [0.2, 0.25) is 4.82 Å². The van der Waals surface area contributed by atoms with Crippen molar-refractivity contribution in [3.63, 3.8) is 0 Å². The SMILES string of the molecule is COCCOCO[C@@H](C(COC(C)=O)[Se]c1ccccc1)[C@@H]1CC(=O)CN1C(=O)OC(C)(C)C. The zero-order valence-corrected chi connectivity index (χ0v) is 22.2. The molecule has 1 aromatic carbocycles. The molecule has 1 aliphatic rings. The predicted octanol–water partition coefficient (Wildman–Crippen LogP) is 1.95. The van der Waals surface area contributed by atoms with E-state index in [1.807, 2.05) is 30.3 Å². The van der Waals surface area contributed by atoms with Gasteiger partial charge in [-0.1, -0.05) is 0 Å². The molecule has 0 bridgehead atoms. The van der Waals surface area contributed by atoms with Gasteiger partial charge in [-0.3, -0.25) is 0 Å². The molecule has 0 aliphatic carbocycles. The van der Waals surface area contributed by atoms with E-state index in [0.717, 1.165) is 4.46 Å². The van der Waals surface area contributed by atoms with E-state index < -0.39 is 29.8 Å². The summed E-state index contributed by atoms with van der Waals surface area (Å²) in [5, 5.41) is 0. The van der Waals surface area contributed by atoms with Crippen molar-refractivity contribution < 1.29 is 38.1 Å². The predicted molar refractivity (Wildman–Crippen MR) is 126 cm³/mol. The molecule has 1 fully saturated rings. The summed E-state index contributed by atoms with van der Waals surface area (Å²) in [6.45, 7) is 7.41. The molecule has 0 saturated carbocycles. The van der Waals surface area contributed by atoms with Gasteiger partial charge in [-0.2, -0.15) is 0 Å². The maximum atomic E-state index is 13.0. The van der Waals surface area contributed by atoms with E-state index >= 15 is 0 Å². The van der Waals surface area contributed by atoms with Gasteiger partial charge in [-0.25, -0.2) is 0 Å². The molecule has 1 unspecified atom stereocenters. The number of carbonyl (C=O) groups is 3. The molecule has 0 N–H and O–H groups in total. The second-order valence-corrected chi connectivity index (χ2v) is 11.6. The molecular weight excluding hydrogens is 509 g/mol. The van der Waals surface area contributed by atoms with Crippen LogP contribution in [0.25, 0.3) is 0 Å². The van der Waals surface area contributed by atoms with Crippen molar-refractivity contribution in [1.29, 1.82) is 0 Å². The number of likely N-dealkylation sites (tertiary alicyclic amines) is 1. The molecule has 0 aromatic heterocycles. The summed E-state index contributed by atoms with van der Waals surface area (Å²) in [5.74, 6) is -0.487. The minimum atomic E-state index is -0.710. The van der Waals surface area contributed by atoms with Gasteiger partial charge in [-0.15, -0.1) is 0 Å². The number of nitrogens with zero attached hydrogens (tertiary/aromatic N) is 1. The Morgan fingerprint density at radius 2 is 1.88 bits per heavy atom. The van der Waals surface area contributed by atoms with Crippen LogP contribution in [0.1, 0.15) is 34.1 Å². The summed E-state index contributed by atoms with van der Waals surface area (Å²) >= 11 is -0.181. The molecule has 190 valence electrons. The van der Waals surface area contributed by atoms with E-state index in [0.29, 0.717) is 13.2 Å². The third-order valence-electron chi connectivity index (χ3n) is 4.81. The quantitative estimate of drug-likeness (QED) is 0.170. The minimum absolute atomic E-state index is 0.0530. The number of amides is 1. The zero-order valence-electron chi connectivity index (χ0n) is 20.5. The van der Waals surface area contributed by atoms with Crippen molar-refractivity contribution in [2.24, 2.45) is 0 Å². The fourth-order valence-corrected chi connectivity index (χ4v) is 5.90. The first-order valence-electron chi connectivity index (χ1n) is 11.2. The summed E-state index contributed by atoms with van der Waals surface area (Å²) in [4.78, 5) is 38.2. The molecule has 2 rings (SSSR count). The van der Waals surface area contributed by atoms with Gasteiger partial charge < -0.3 is 0 Å². The zero-order chi connectivity index (χ0) is 25.1. The first-order valence-corrected chi connectivity index (χ1v) is 13.0. The number of esters is 1. The molecular formula is C24H35NO8Se. The van der Waals surface area contributed by atoms with Crippen molar-refractivity contribution in [2.45, 2.75) is 56.7 Å². The van der Waals surface area contributed by atoms with Gasteiger partial charge in [0.05, 0.1) is 0 Å². The van der Waals surface area contributed by atoms with Gasteiger partial charge in [0.1, 0.15) is 0 Å². The number of carbonyl (C=O) groups excluding carboxylic acids is 3. The van der Waals surface area contributed by atoms with Crippen LogP contribution in [-0.4, -0.2) is 95.7 Å². The first kappa shape index (κ1) is 28.3. The number of ether oxygens (including phenoxy) is 5. The molecule has 0 radical (unpaired) electrons. The monoisotopic (exact) mass is 545 g/mol. The molecule has 1 saturated heterocycles. The molecule has 3 atom stereocenters. The molecule has 1 amide bonds. The summed E-state index contributed by atoms with van der Waals surface area (Å²) < 4.78 is 28.7. The number of rotatable bonds is 12. The van der Waals surface area contributed by atoms with Gasteiger partial charge in [-0.05, 0) is 0 Å². The van der Waals surface area contributed by atoms with Gasteiger partial charge in [0, 0.05) is 0 Å². The van der Waals surface area contributed by atoms with Crippen LogP contribution >= 0.6 is 0 Å². The van der Waals surface area contributed by atoms with Crippen molar-refractivity contribution in [1.82, 2.24) is 4.90 Å². The van der Waals surface area contributed by atoms with Crippen molar-refractivity contribution >= 4 is 37.3 Å². The maximum absolute atomic E-state index is 13.0. The van der Waals surface area contributed by atoms with E-state index in [1.54, 1.807) is 27.9 Å². The second kappa shape index (κ2) is 13.8. The van der Waals surface area contributed by atoms with Crippen LogP contribution in [0.5, 0.6) is 0 Å². The van der Waals surface area contributed by atoms with Crippen LogP contribution in [-0.2, 0) is 33.3 Å². The molecule has 1 aliphatic heterocycles. The molecule has 34 heavy (non-hydrogen) atoms. The Kier molecular flexibility index (Phi) is 11.5. The van der Waals surface area contributed by atoms with Crippen LogP contribution in [0.3, 0.4) is 0 Å². The molecule has 0 spiro atoms. The van der Waals surface area contributed by atoms with Crippen LogP contribution in [0.15, 0.2) is 30.3 Å². The number of methoxy groups -OCH3 is 1. The number of benzene rings is 1. The average molecular weight is 545 g/mol. The van der Waals surface area contributed by atoms with Crippen molar-refractivity contribution in [3.05, 3.63) is 30.3 Å². The number of hydrogen-bond acceptors (Lipinski definition) is 8. The topological polar surface area (TPSA) is 101 Å². The van der Waals surface area contributed by atoms with Gasteiger partial charge in [0.25, 0.3) is 0 Å². The average Bonchev–Trinajstić information content (AvgIpc) is 3.15. The number of Topliss-reactive ketones (excluding diaryl/α,β-unsaturated/α-hetero) is 1. The van der Waals surface area contributed by atoms with Gasteiger partial charge in [0.2, 0.25) is 0 Å². The Morgan fingerprint density at radius 3 is 2.50 bits per heavy atom.